The minimum atomic E-state index is -0.727. The molecule has 0 spiro atoms. The third-order valence-corrected chi connectivity index (χ3v) is 3.19. The van der Waals surface area contributed by atoms with Crippen molar-refractivity contribution in [1.29, 1.82) is 0 Å². The average Bonchev–Trinajstić information content (AvgIpc) is 2.57. The van der Waals surface area contributed by atoms with Crippen molar-refractivity contribution in [2.75, 3.05) is 34.2 Å². The fourth-order valence-electron chi connectivity index (χ4n) is 1.88. The smallest absolute Gasteiger partial charge is 0.146 e. The maximum absolute atomic E-state index is 9.40. The Morgan fingerprint density at radius 3 is 2.41 bits per heavy atom. The van der Waals surface area contributed by atoms with E-state index >= 15 is 0 Å². The zero-order valence-corrected chi connectivity index (χ0v) is 13.2. The Bertz CT molecular complexity index is 381. The van der Waals surface area contributed by atoms with Crippen molar-refractivity contribution >= 4 is 0 Å². The lowest BCUT2D eigenvalue weighted by molar-refractivity contribution is -0.104. The molecular formula is C16H26O6. The van der Waals surface area contributed by atoms with E-state index in [1.165, 1.54) is 0 Å². The lowest BCUT2D eigenvalue weighted by Gasteiger charge is -2.19. The molecule has 0 unspecified atom stereocenters. The van der Waals surface area contributed by atoms with Gasteiger partial charge in [-0.05, 0) is 30.5 Å². The summed E-state index contributed by atoms with van der Waals surface area (Å²) in [7, 11) is 3.18. The Balaban J connectivity index is 2.34. The van der Waals surface area contributed by atoms with Crippen LogP contribution in [0.25, 0.3) is 0 Å². The lowest BCUT2D eigenvalue weighted by Crippen LogP contribution is -2.24. The third kappa shape index (κ3) is 7.72. The Hall–Kier alpha value is -1.18. The Morgan fingerprint density at radius 2 is 1.82 bits per heavy atom. The SMILES string of the molecule is COCO[C@H](CC[C@H](O)CO)COCc1ccc(OC)cc1. The van der Waals surface area contributed by atoms with Crippen molar-refractivity contribution in [3.63, 3.8) is 0 Å². The van der Waals surface area contributed by atoms with Crippen molar-refractivity contribution in [2.24, 2.45) is 0 Å². The topological polar surface area (TPSA) is 77.4 Å². The van der Waals surface area contributed by atoms with Gasteiger partial charge in [0.1, 0.15) is 12.5 Å². The Morgan fingerprint density at radius 1 is 1.09 bits per heavy atom. The molecule has 0 heterocycles. The average molecular weight is 314 g/mol. The summed E-state index contributed by atoms with van der Waals surface area (Å²) >= 11 is 0. The van der Waals surface area contributed by atoms with Gasteiger partial charge in [0.05, 0.1) is 39.1 Å². The second-order valence-corrected chi connectivity index (χ2v) is 4.97. The van der Waals surface area contributed by atoms with Crippen molar-refractivity contribution in [2.45, 2.75) is 31.7 Å². The molecule has 0 aliphatic carbocycles. The first-order valence-electron chi connectivity index (χ1n) is 7.29. The maximum Gasteiger partial charge on any atom is 0.146 e. The van der Waals surface area contributed by atoms with E-state index in [2.05, 4.69) is 0 Å². The van der Waals surface area contributed by atoms with Gasteiger partial charge in [-0.2, -0.15) is 0 Å². The summed E-state index contributed by atoms with van der Waals surface area (Å²) in [6, 6.07) is 7.66. The molecule has 6 heteroatoms. The number of rotatable bonds is 12. The van der Waals surface area contributed by atoms with Gasteiger partial charge in [-0.3, -0.25) is 0 Å². The van der Waals surface area contributed by atoms with Crippen LogP contribution in [0.1, 0.15) is 18.4 Å². The molecule has 0 saturated heterocycles. The van der Waals surface area contributed by atoms with Crippen molar-refractivity contribution in [3.05, 3.63) is 29.8 Å². The van der Waals surface area contributed by atoms with Crippen molar-refractivity contribution in [3.8, 4) is 5.75 Å². The van der Waals surface area contributed by atoms with Crippen LogP contribution in [0.3, 0.4) is 0 Å². The molecular weight excluding hydrogens is 288 g/mol. The number of methoxy groups -OCH3 is 2. The Kier molecular flexibility index (Phi) is 9.77. The summed E-state index contributed by atoms with van der Waals surface area (Å²) < 4.78 is 21.1. The monoisotopic (exact) mass is 314 g/mol. The van der Waals surface area contributed by atoms with E-state index in [-0.39, 0.29) is 19.5 Å². The molecule has 0 aliphatic rings. The highest BCUT2D eigenvalue weighted by atomic mass is 16.7. The fourth-order valence-corrected chi connectivity index (χ4v) is 1.88. The minimum absolute atomic E-state index is 0.172. The molecule has 0 fully saturated rings. The molecule has 1 aromatic carbocycles. The van der Waals surface area contributed by atoms with Gasteiger partial charge in [-0.1, -0.05) is 12.1 Å². The molecule has 2 atom stereocenters. The van der Waals surface area contributed by atoms with Crippen molar-refractivity contribution < 1.29 is 29.2 Å². The van der Waals surface area contributed by atoms with E-state index in [4.69, 9.17) is 24.1 Å². The van der Waals surface area contributed by atoms with Crippen LogP contribution in [0.4, 0.5) is 0 Å². The first kappa shape index (κ1) is 18.9. The van der Waals surface area contributed by atoms with E-state index < -0.39 is 6.10 Å². The first-order chi connectivity index (χ1) is 10.7. The predicted octanol–water partition coefficient (Wildman–Crippen LogP) is 1.33. The van der Waals surface area contributed by atoms with Crippen LogP contribution in [0, 0.1) is 0 Å². The first-order valence-corrected chi connectivity index (χ1v) is 7.29. The van der Waals surface area contributed by atoms with Crippen LogP contribution < -0.4 is 4.74 Å². The van der Waals surface area contributed by atoms with Gasteiger partial charge in [0.2, 0.25) is 0 Å². The Labute approximate surface area is 131 Å². The standard InChI is InChI=1S/C16H26O6/c1-19-12-22-16(8-5-14(18)9-17)11-21-10-13-3-6-15(20-2)7-4-13/h3-4,6-7,14,16-18H,5,8-12H2,1-2H3/t14-,16+/m0/s1. The summed E-state index contributed by atoms with van der Waals surface area (Å²) in [4.78, 5) is 0. The molecule has 0 saturated carbocycles. The molecule has 1 aromatic rings. The fraction of sp³-hybridized carbons (Fsp3) is 0.625. The van der Waals surface area contributed by atoms with E-state index in [1.54, 1.807) is 14.2 Å². The van der Waals surface area contributed by atoms with E-state index in [1.807, 2.05) is 24.3 Å². The van der Waals surface area contributed by atoms with Gasteiger partial charge >= 0.3 is 0 Å². The van der Waals surface area contributed by atoms with Crippen LogP contribution in [0.2, 0.25) is 0 Å². The normalized spacial score (nSPS) is 13.8. The molecule has 2 N–H and O–H groups in total. The number of hydrogen-bond acceptors (Lipinski definition) is 6. The molecule has 0 radical (unpaired) electrons. The van der Waals surface area contributed by atoms with Crippen LogP contribution in [0.5, 0.6) is 5.75 Å². The number of hydrogen-bond donors (Lipinski definition) is 2. The molecule has 126 valence electrons. The van der Waals surface area contributed by atoms with Crippen molar-refractivity contribution in [1.82, 2.24) is 0 Å². The highest BCUT2D eigenvalue weighted by Gasteiger charge is 2.12. The van der Waals surface area contributed by atoms with Crippen LogP contribution in [-0.4, -0.2) is 56.6 Å². The number of aliphatic hydroxyl groups excluding tert-OH is 2. The third-order valence-electron chi connectivity index (χ3n) is 3.19. The zero-order valence-electron chi connectivity index (χ0n) is 13.2. The molecule has 0 aromatic heterocycles. The van der Waals surface area contributed by atoms with Gasteiger partial charge < -0.3 is 29.2 Å². The molecule has 0 bridgehead atoms. The second kappa shape index (κ2) is 11.4. The molecule has 1 rings (SSSR count). The van der Waals surface area contributed by atoms with Gasteiger partial charge in [-0.25, -0.2) is 0 Å². The number of ether oxygens (including phenoxy) is 4. The molecule has 0 amide bonds. The van der Waals surface area contributed by atoms with E-state index in [9.17, 15) is 5.11 Å². The van der Waals surface area contributed by atoms with Gasteiger partial charge in [-0.15, -0.1) is 0 Å². The second-order valence-electron chi connectivity index (χ2n) is 4.97. The van der Waals surface area contributed by atoms with Crippen LogP contribution >= 0.6 is 0 Å². The molecule has 0 aliphatic heterocycles. The maximum atomic E-state index is 9.40. The van der Waals surface area contributed by atoms with Crippen LogP contribution in [-0.2, 0) is 20.8 Å². The van der Waals surface area contributed by atoms with E-state index in [0.717, 1.165) is 11.3 Å². The lowest BCUT2D eigenvalue weighted by atomic mass is 10.1. The summed E-state index contributed by atoms with van der Waals surface area (Å²) in [5.41, 5.74) is 1.04. The van der Waals surface area contributed by atoms with Gasteiger partial charge in [0.15, 0.2) is 0 Å². The summed E-state index contributed by atoms with van der Waals surface area (Å²) in [5, 5.41) is 18.2. The molecule has 22 heavy (non-hydrogen) atoms. The molecule has 6 nitrogen and oxygen atoms in total. The highest BCUT2D eigenvalue weighted by Crippen LogP contribution is 2.13. The highest BCUT2D eigenvalue weighted by molar-refractivity contribution is 5.26. The summed E-state index contributed by atoms with van der Waals surface area (Å²) in [6.45, 7) is 0.794. The largest absolute Gasteiger partial charge is 0.497 e. The number of benzene rings is 1. The quantitative estimate of drug-likeness (QED) is 0.567. The zero-order chi connectivity index (χ0) is 16.2. The minimum Gasteiger partial charge on any atom is -0.497 e. The van der Waals surface area contributed by atoms with E-state index in [0.29, 0.717) is 26.1 Å². The van der Waals surface area contributed by atoms with Gasteiger partial charge in [0, 0.05) is 7.11 Å². The summed E-state index contributed by atoms with van der Waals surface area (Å²) in [6.07, 6.45) is 0.138. The predicted molar refractivity (Wildman–Crippen MR) is 81.7 cm³/mol. The van der Waals surface area contributed by atoms with Gasteiger partial charge in [0.25, 0.3) is 0 Å². The van der Waals surface area contributed by atoms with Crippen LogP contribution in [0.15, 0.2) is 24.3 Å². The summed E-state index contributed by atoms with van der Waals surface area (Å²) in [5.74, 6) is 0.808. The number of aliphatic hydroxyl groups is 2.